The molecule has 2 N–H and O–H groups in total. The fourth-order valence-corrected chi connectivity index (χ4v) is 3.32. The molecule has 116 valence electrons. The molecule has 0 heterocycles. The van der Waals surface area contributed by atoms with E-state index in [2.05, 4.69) is 13.2 Å². The summed E-state index contributed by atoms with van der Waals surface area (Å²) in [5.41, 5.74) is 1.31. The number of carboxylic acid groups (broad SMARTS) is 2. The first kappa shape index (κ1) is 16.6. The molecule has 4 nitrogen and oxygen atoms in total. The van der Waals surface area contributed by atoms with Gasteiger partial charge >= 0.3 is 11.9 Å². The number of benzene rings is 2. The average Bonchev–Trinajstić information content (AvgIpc) is 2.54. The van der Waals surface area contributed by atoms with E-state index in [4.69, 9.17) is 0 Å². The summed E-state index contributed by atoms with van der Waals surface area (Å²) in [5, 5.41) is 18.5. The summed E-state index contributed by atoms with van der Waals surface area (Å²) in [5.74, 6) is -2.07. The third kappa shape index (κ3) is 3.35. The van der Waals surface area contributed by atoms with Crippen molar-refractivity contribution in [3.63, 3.8) is 0 Å². The van der Waals surface area contributed by atoms with Gasteiger partial charge in [-0.15, -0.1) is 0 Å². The van der Waals surface area contributed by atoms with Crippen LogP contribution in [0.3, 0.4) is 0 Å². The maximum Gasteiger partial charge on any atom is 0.336 e. The first-order chi connectivity index (χ1) is 11.0. The van der Waals surface area contributed by atoms with Crippen molar-refractivity contribution in [1.29, 1.82) is 0 Å². The molecule has 0 amide bonds. The molecule has 0 radical (unpaired) electrons. The third-order valence-corrected chi connectivity index (χ3v) is 4.37. The van der Waals surface area contributed by atoms with Gasteiger partial charge in [0.2, 0.25) is 0 Å². The van der Waals surface area contributed by atoms with Gasteiger partial charge in [0.15, 0.2) is 0 Å². The van der Waals surface area contributed by atoms with E-state index in [1.165, 1.54) is 36.0 Å². The number of rotatable bonds is 6. The van der Waals surface area contributed by atoms with Crippen molar-refractivity contribution < 1.29 is 19.8 Å². The molecule has 2 aromatic rings. The highest BCUT2D eigenvalue weighted by molar-refractivity contribution is 7.99. The molecule has 0 saturated heterocycles. The normalized spacial score (nSPS) is 10.1. The summed E-state index contributed by atoms with van der Waals surface area (Å²) in [4.78, 5) is 24.0. The van der Waals surface area contributed by atoms with Crippen LogP contribution in [0.2, 0.25) is 0 Å². The maximum absolute atomic E-state index is 11.3. The Hall–Kier alpha value is -2.79. The van der Waals surface area contributed by atoms with E-state index in [0.29, 0.717) is 20.9 Å². The molecule has 0 aromatic heterocycles. The van der Waals surface area contributed by atoms with Gasteiger partial charge in [0.1, 0.15) is 0 Å². The van der Waals surface area contributed by atoms with E-state index in [1.54, 1.807) is 24.3 Å². The lowest BCUT2D eigenvalue weighted by Gasteiger charge is -2.12. The number of hydrogen-bond acceptors (Lipinski definition) is 3. The van der Waals surface area contributed by atoms with Gasteiger partial charge in [-0.1, -0.05) is 49.2 Å². The Balaban J connectivity index is 2.56. The lowest BCUT2D eigenvalue weighted by molar-refractivity contribution is 0.0685. The molecule has 0 spiro atoms. The molecular weight excluding hydrogens is 312 g/mol. The lowest BCUT2D eigenvalue weighted by Crippen LogP contribution is -2.02. The van der Waals surface area contributed by atoms with E-state index < -0.39 is 11.9 Å². The average molecular weight is 326 g/mol. The van der Waals surface area contributed by atoms with Crippen LogP contribution in [-0.2, 0) is 0 Å². The van der Waals surface area contributed by atoms with E-state index in [-0.39, 0.29) is 11.1 Å². The summed E-state index contributed by atoms with van der Waals surface area (Å²) in [6, 6.07) is 9.85. The highest BCUT2D eigenvalue weighted by Crippen LogP contribution is 2.36. The first-order valence-electron chi connectivity index (χ1n) is 6.65. The minimum absolute atomic E-state index is 0.152. The predicted octanol–water partition coefficient (Wildman–Crippen LogP) is 4.52. The first-order valence-corrected chi connectivity index (χ1v) is 7.46. The Bertz CT molecular complexity index is 741. The summed E-state index contributed by atoms with van der Waals surface area (Å²) < 4.78 is 0. The molecule has 0 bridgehead atoms. The van der Waals surface area contributed by atoms with Gasteiger partial charge in [0, 0.05) is 20.9 Å². The van der Waals surface area contributed by atoms with Gasteiger partial charge in [0.05, 0.1) is 11.1 Å². The second kappa shape index (κ2) is 6.98. The van der Waals surface area contributed by atoms with E-state index in [9.17, 15) is 19.8 Å². The van der Waals surface area contributed by atoms with Crippen LogP contribution in [0.1, 0.15) is 31.8 Å². The van der Waals surface area contributed by atoms with Crippen molar-refractivity contribution in [1.82, 2.24) is 0 Å². The maximum atomic E-state index is 11.3. The fourth-order valence-electron chi connectivity index (χ4n) is 2.18. The van der Waals surface area contributed by atoms with Gasteiger partial charge < -0.3 is 10.2 Å². The monoisotopic (exact) mass is 326 g/mol. The van der Waals surface area contributed by atoms with E-state index in [1.807, 2.05) is 0 Å². The van der Waals surface area contributed by atoms with Crippen molar-refractivity contribution in [2.45, 2.75) is 9.79 Å². The molecule has 0 fully saturated rings. The summed E-state index contributed by atoms with van der Waals surface area (Å²) in [7, 11) is 0. The Morgan fingerprint density at radius 3 is 1.52 bits per heavy atom. The summed E-state index contributed by atoms with van der Waals surface area (Å²) >= 11 is 1.28. The predicted molar refractivity (Wildman–Crippen MR) is 91.1 cm³/mol. The molecule has 2 aromatic carbocycles. The third-order valence-electron chi connectivity index (χ3n) is 3.22. The molecular formula is C18H14O4S. The molecule has 0 atom stereocenters. The molecule has 0 aliphatic carbocycles. The number of hydrogen-bond donors (Lipinski definition) is 2. The summed E-state index contributed by atoms with van der Waals surface area (Å²) in [6.07, 6.45) is 2.97. The number of aromatic carboxylic acids is 2. The number of carbonyl (C=O) groups is 2. The summed E-state index contributed by atoms with van der Waals surface area (Å²) in [6.45, 7) is 7.35. The second-order valence-corrected chi connectivity index (χ2v) is 5.64. The number of carboxylic acids is 2. The highest BCUT2D eigenvalue weighted by Gasteiger charge is 2.16. The van der Waals surface area contributed by atoms with Gasteiger partial charge in [-0.05, 0) is 24.3 Å². The Morgan fingerprint density at radius 2 is 1.22 bits per heavy atom. The fraction of sp³-hybridized carbons (Fsp3) is 0. The van der Waals surface area contributed by atoms with Crippen LogP contribution >= 0.6 is 11.8 Å². The van der Waals surface area contributed by atoms with Crippen LogP contribution in [0.5, 0.6) is 0 Å². The zero-order valence-electron chi connectivity index (χ0n) is 12.2. The molecule has 0 aliphatic rings. The highest BCUT2D eigenvalue weighted by atomic mass is 32.2. The van der Waals surface area contributed by atoms with E-state index in [0.717, 1.165) is 0 Å². The van der Waals surface area contributed by atoms with Crippen LogP contribution < -0.4 is 0 Å². The van der Waals surface area contributed by atoms with Crippen molar-refractivity contribution in [3.8, 4) is 0 Å². The Labute approximate surface area is 137 Å². The molecule has 5 heteroatoms. The largest absolute Gasteiger partial charge is 0.478 e. The SMILES string of the molecule is C=Cc1c(Sc2cccc(C(=O)O)c2C=C)cccc1C(=O)O. The van der Waals surface area contributed by atoms with E-state index >= 15 is 0 Å². The molecule has 0 aliphatic heterocycles. The minimum Gasteiger partial charge on any atom is -0.478 e. The van der Waals surface area contributed by atoms with Crippen LogP contribution in [0, 0.1) is 0 Å². The van der Waals surface area contributed by atoms with Crippen molar-refractivity contribution in [2.24, 2.45) is 0 Å². The zero-order chi connectivity index (χ0) is 17.0. The van der Waals surface area contributed by atoms with Crippen molar-refractivity contribution in [2.75, 3.05) is 0 Å². The standard InChI is InChI=1S/C18H14O4S/c1-3-11-13(17(19)20)7-5-9-15(11)23-16-10-6-8-14(18(21)22)12(16)4-2/h3-10H,1-2H2,(H,19,20)(H,21,22). The van der Waals surface area contributed by atoms with Crippen LogP contribution in [0.4, 0.5) is 0 Å². The smallest absolute Gasteiger partial charge is 0.336 e. The molecule has 23 heavy (non-hydrogen) atoms. The van der Waals surface area contributed by atoms with Crippen molar-refractivity contribution >= 4 is 35.9 Å². The Kier molecular flexibility index (Phi) is 5.03. The van der Waals surface area contributed by atoms with Gasteiger partial charge in [0.25, 0.3) is 0 Å². The quantitative estimate of drug-likeness (QED) is 0.816. The lowest BCUT2D eigenvalue weighted by atomic mass is 10.1. The van der Waals surface area contributed by atoms with Gasteiger partial charge in [-0.3, -0.25) is 0 Å². The molecule has 0 saturated carbocycles. The van der Waals surface area contributed by atoms with Crippen molar-refractivity contribution in [3.05, 3.63) is 71.8 Å². The topological polar surface area (TPSA) is 74.6 Å². The second-order valence-electron chi connectivity index (χ2n) is 4.56. The molecule has 2 rings (SSSR count). The van der Waals surface area contributed by atoms with Crippen LogP contribution in [-0.4, -0.2) is 22.2 Å². The van der Waals surface area contributed by atoms with Crippen LogP contribution in [0.25, 0.3) is 12.2 Å². The van der Waals surface area contributed by atoms with Gasteiger partial charge in [-0.25, -0.2) is 9.59 Å². The Morgan fingerprint density at radius 1 is 0.826 bits per heavy atom. The zero-order valence-corrected chi connectivity index (χ0v) is 13.0. The van der Waals surface area contributed by atoms with Crippen LogP contribution in [0.15, 0.2) is 59.3 Å². The van der Waals surface area contributed by atoms with Gasteiger partial charge in [-0.2, -0.15) is 0 Å². The minimum atomic E-state index is -1.04. The molecule has 0 unspecified atom stereocenters.